The molecule has 0 aliphatic carbocycles. The molecule has 1 aromatic rings. The first-order valence-electron chi connectivity index (χ1n) is 8.75. The first-order chi connectivity index (χ1) is 11.5. The molecule has 2 aliphatic heterocycles. The first-order valence-corrected chi connectivity index (χ1v) is 8.75. The number of ether oxygens (including phenoxy) is 1. The summed E-state index contributed by atoms with van der Waals surface area (Å²) in [5.74, 6) is 1.44. The Kier molecular flexibility index (Phi) is 5.66. The Morgan fingerprint density at radius 3 is 2.62 bits per heavy atom. The van der Waals surface area contributed by atoms with Gasteiger partial charge >= 0.3 is 6.18 Å². The lowest BCUT2D eigenvalue weighted by molar-refractivity contribution is -0.138. The van der Waals surface area contributed by atoms with Gasteiger partial charge in [-0.1, -0.05) is 18.2 Å². The number of hydrogen-bond donors (Lipinski definition) is 1. The van der Waals surface area contributed by atoms with Crippen molar-refractivity contribution in [3.8, 4) is 5.75 Å². The summed E-state index contributed by atoms with van der Waals surface area (Å²) in [5, 5.41) is 3.62. The van der Waals surface area contributed by atoms with E-state index in [4.69, 9.17) is 4.74 Å². The standard InChI is InChI=1S/C18H25F3N2O/c19-18(20,21)8-11-23-9-5-15(6-10-23)22-13-14-7-12-24-17-4-2-1-3-16(14)17/h1-4,14-15,22H,5-13H2/t14-/m0/s1. The number of benzene rings is 1. The van der Waals surface area contributed by atoms with Crippen molar-refractivity contribution in [1.29, 1.82) is 0 Å². The normalized spacial score (nSPS) is 22.9. The summed E-state index contributed by atoms with van der Waals surface area (Å²) in [6, 6.07) is 8.58. The fourth-order valence-corrected chi connectivity index (χ4v) is 3.58. The number of rotatable bonds is 5. The van der Waals surface area contributed by atoms with Crippen LogP contribution in [0.25, 0.3) is 0 Å². The minimum Gasteiger partial charge on any atom is -0.493 e. The van der Waals surface area contributed by atoms with Crippen molar-refractivity contribution in [2.24, 2.45) is 0 Å². The Morgan fingerprint density at radius 2 is 1.88 bits per heavy atom. The van der Waals surface area contributed by atoms with Crippen LogP contribution in [-0.2, 0) is 0 Å². The Hall–Kier alpha value is -1.27. The molecule has 0 unspecified atom stereocenters. The molecule has 0 amide bonds. The lowest BCUT2D eigenvalue weighted by Crippen LogP contribution is -2.44. The van der Waals surface area contributed by atoms with E-state index in [-0.39, 0.29) is 6.54 Å². The minimum atomic E-state index is -4.05. The van der Waals surface area contributed by atoms with E-state index < -0.39 is 12.6 Å². The van der Waals surface area contributed by atoms with Crippen LogP contribution < -0.4 is 10.1 Å². The van der Waals surface area contributed by atoms with Gasteiger partial charge in [0.25, 0.3) is 0 Å². The predicted molar refractivity (Wildman–Crippen MR) is 87.4 cm³/mol. The number of hydrogen-bond acceptors (Lipinski definition) is 3. The number of halogens is 3. The maximum absolute atomic E-state index is 12.3. The number of nitrogens with one attached hydrogen (secondary N) is 1. The number of piperidine rings is 1. The van der Waals surface area contributed by atoms with Crippen molar-refractivity contribution in [2.75, 3.05) is 32.8 Å². The Labute approximate surface area is 141 Å². The van der Waals surface area contributed by atoms with Gasteiger partial charge in [0.1, 0.15) is 5.75 Å². The van der Waals surface area contributed by atoms with Crippen molar-refractivity contribution in [3.63, 3.8) is 0 Å². The molecule has 0 radical (unpaired) electrons. The zero-order valence-corrected chi connectivity index (χ0v) is 13.8. The molecular weight excluding hydrogens is 317 g/mol. The molecule has 1 aromatic carbocycles. The van der Waals surface area contributed by atoms with E-state index in [0.29, 0.717) is 12.0 Å². The Morgan fingerprint density at radius 1 is 1.12 bits per heavy atom. The van der Waals surface area contributed by atoms with Gasteiger partial charge in [-0.25, -0.2) is 0 Å². The summed E-state index contributed by atoms with van der Waals surface area (Å²) >= 11 is 0. The minimum absolute atomic E-state index is 0.129. The Bertz CT molecular complexity index is 527. The van der Waals surface area contributed by atoms with E-state index in [9.17, 15) is 13.2 Å². The van der Waals surface area contributed by atoms with E-state index in [2.05, 4.69) is 11.4 Å². The van der Waals surface area contributed by atoms with Crippen molar-refractivity contribution < 1.29 is 17.9 Å². The van der Waals surface area contributed by atoms with Gasteiger partial charge in [-0.15, -0.1) is 0 Å². The third-order valence-electron chi connectivity index (χ3n) is 5.03. The highest BCUT2D eigenvalue weighted by Gasteiger charge is 2.29. The molecule has 2 aliphatic rings. The summed E-state index contributed by atoms with van der Waals surface area (Å²) in [6.07, 6.45) is -1.91. The van der Waals surface area contributed by atoms with Crippen LogP contribution >= 0.6 is 0 Å². The van der Waals surface area contributed by atoms with Crippen LogP contribution in [0, 0.1) is 0 Å². The average molecular weight is 342 g/mol. The molecule has 1 saturated heterocycles. The topological polar surface area (TPSA) is 24.5 Å². The van der Waals surface area contributed by atoms with Gasteiger partial charge in [0, 0.05) is 25.0 Å². The van der Waals surface area contributed by atoms with Gasteiger partial charge in [0.15, 0.2) is 0 Å². The molecule has 0 bridgehead atoms. The zero-order chi connectivity index (χ0) is 17.0. The van der Waals surface area contributed by atoms with Crippen LogP contribution in [0.5, 0.6) is 5.75 Å². The lowest BCUT2D eigenvalue weighted by atomic mass is 9.92. The molecule has 3 nitrogen and oxygen atoms in total. The van der Waals surface area contributed by atoms with Crippen LogP contribution in [0.3, 0.4) is 0 Å². The maximum atomic E-state index is 12.3. The van der Waals surface area contributed by atoms with Crippen LogP contribution in [-0.4, -0.2) is 49.9 Å². The van der Waals surface area contributed by atoms with Crippen LogP contribution in [0.4, 0.5) is 13.2 Å². The predicted octanol–water partition coefficient (Wildman–Crippen LogP) is 3.56. The van der Waals surface area contributed by atoms with E-state index in [1.807, 2.05) is 23.1 Å². The quantitative estimate of drug-likeness (QED) is 0.885. The molecule has 1 N–H and O–H groups in total. The van der Waals surface area contributed by atoms with Gasteiger partial charge in [0.2, 0.25) is 0 Å². The molecule has 0 saturated carbocycles. The molecular formula is C18H25F3N2O. The summed E-state index contributed by atoms with van der Waals surface area (Å²) in [4.78, 5) is 1.93. The Balaban J connectivity index is 1.41. The fourth-order valence-electron chi connectivity index (χ4n) is 3.58. The highest BCUT2D eigenvalue weighted by atomic mass is 19.4. The molecule has 1 fully saturated rings. The first kappa shape index (κ1) is 17.5. The molecule has 6 heteroatoms. The van der Waals surface area contributed by atoms with E-state index in [0.717, 1.165) is 51.3 Å². The molecule has 0 spiro atoms. The highest BCUT2D eigenvalue weighted by molar-refractivity contribution is 5.37. The van der Waals surface area contributed by atoms with Crippen molar-refractivity contribution in [3.05, 3.63) is 29.8 Å². The third kappa shape index (κ3) is 4.86. The second kappa shape index (κ2) is 7.74. The second-order valence-electron chi connectivity index (χ2n) is 6.76. The fraction of sp³-hybridized carbons (Fsp3) is 0.667. The largest absolute Gasteiger partial charge is 0.493 e. The van der Waals surface area contributed by atoms with Crippen LogP contribution in [0.15, 0.2) is 24.3 Å². The summed E-state index contributed by atoms with van der Waals surface area (Å²) in [6.45, 7) is 3.28. The highest BCUT2D eigenvalue weighted by Crippen LogP contribution is 2.33. The van der Waals surface area contributed by atoms with Gasteiger partial charge < -0.3 is 15.0 Å². The molecule has 24 heavy (non-hydrogen) atoms. The molecule has 134 valence electrons. The second-order valence-corrected chi connectivity index (χ2v) is 6.76. The van der Waals surface area contributed by atoms with Gasteiger partial charge in [-0.05, 0) is 44.0 Å². The number of alkyl halides is 3. The van der Waals surface area contributed by atoms with E-state index >= 15 is 0 Å². The lowest BCUT2D eigenvalue weighted by Gasteiger charge is -2.34. The zero-order valence-electron chi connectivity index (χ0n) is 13.8. The molecule has 3 rings (SSSR count). The monoisotopic (exact) mass is 342 g/mol. The third-order valence-corrected chi connectivity index (χ3v) is 5.03. The van der Waals surface area contributed by atoms with Crippen LogP contribution in [0.2, 0.25) is 0 Å². The van der Waals surface area contributed by atoms with Gasteiger partial charge in [-0.3, -0.25) is 0 Å². The molecule has 2 heterocycles. The molecule has 1 atom stereocenters. The number of likely N-dealkylation sites (tertiary alicyclic amines) is 1. The number of para-hydroxylation sites is 1. The van der Waals surface area contributed by atoms with Gasteiger partial charge in [0.05, 0.1) is 13.0 Å². The van der Waals surface area contributed by atoms with Gasteiger partial charge in [-0.2, -0.15) is 13.2 Å². The van der Waals surface area contributed by atoms with E-state index in [1.165, 1.54) is 5.56 Å². The molecule has 0 aromatic heterocycles. The smallest absolute Gasteiger partial charge is 0.390 e. The number of fused-ring (bicyclic) bond motifs is 1. The summed E-state index contributed by atoms with van der Waals surface area (Å²) < 4.78 is 42.5. The van der Waals surface area contributed by atoms with Crippen molar-refractivity contribution in [1.82, 2.24) is 10.2 Å². The van der Waals surface area contributed by atoms with Crippen molar-refractivity contribution in [2.45, 2.75) is 43.8 Å². The number of nitrogens with zero attached hydrogens (tertiary/aromatic N) is 1. The SMILES string of the molecule is FC(F)(F)CCN1CCC(NC[C@@H]2CCOc3ccccc32)CC1. The van der Waals surface area contributed by atoms with Crippen LogP contribution in [0.1, 0.15) is 37.2 Å². The summed E-state index contributed by atoms with van der Waals surface area (Å²) in [5.41, 5.74) is 1.26. The maximum Gasteiger partial charge on any atom is 0.390 e. The average Bonchev–Trinajstić information content (AvgIpc) is 2.58. The van der Waals surface area contributed by atoms with E-state index in [1.54, 1.807) is 0 Å². The summed E-state index contributed by atoms with van der Waals surface area (Å²) in [7, 11) is 0. The van der Waals surface area contributed by atoms with Crippen molar-refractivity contribution >= 4 is 0 Å².